The lowest BCUT2D eigenvalue weighted by molar-refractivity contribution is -0.118. The van der Waals surface area contributed by atoms with Gasteiger partial charge in [0, 0.05) is 12.3 Å². The number of hydrogen-bond donors (Lipinski definition) is 4. The summed E-state index contributed by atoms with van der Waals surface area (Å²) in [6.45, 7) is 3.21. The van der Waals surface area contributed by atoms with Gasteiger partial charge in [-0.15, -0.1) is 0 Å². The predicted molar refractivity (Wildman–Crippen MR) is 83.2 cm³/mol. The van der Waals surface area contributed by atoms with E-state index in [-0.39, 0.29) is 42.0 Å². The molecule has 3 atom stereocenters. The Kier molecular flexibility index (Phi) is 4.35. The average molecular weight is 337 g/mol. The molecule has 2 aromatic heterocycles. The van der Waals surface area contributed by atoms with Crippen molar-refractivity contribution >= 4 is 23.0 Å². The van der Waals surface area contributed by atoms with Gasteiger partial charge in [-0.1, -0.05) is 13.8 Å². The number of carbonyl (C=O) groups excluding carboxylic acids is 1. The van der Waals surface area contributed by atoms with E-state index in [0.717, 1.165) is 0 Å². The Balaban J connectivity index is 2.00. The first kappa shape index (κ1) is 16.6. The summed E-state index contributed by atoms with van der Waals surface area (Å²) in [5.41, 5.74) is -0.259. The molecule has 1 saturated heterocycles. The fourth-order valence-corrected chi connectivity index (χ4v) is 2.53. The van der Waals surface area contributed by atoms with Crippen LogP contribution >= 0.6 is 0 Å². The van der Waals surface area contributed by atoms with E-state index in [0.29, 0.717) is 0 Å². The second-order valence-corrected chi connectivity index (χ2v) is 6.02. The molecule has 0 aliphatic carbocycles. The number of aliphatic hydroxyl groups excluding tert-OH is 2. The number of H-pyrrole nitrogens is 1. The quantitative estimate of drug-likeness (QED) is 0.581. The average Bonchev–Trinajstić information content (AvgIpc) is 3.10. The van der Waals surface area contributed by atoms with Crippen molar-refractivity contribution in [3.63, 3.8) is 0 Å². The largest absolute Gasteiger partial charge is 0.394 e. The van der Waals surface area contributed by atoms with Crippen molar-refractivity contribution < 1.29 is 19.7 Å². The normalized spacial score (nSPS) is 24.0. The van der Waals surface area contributed by atoms with Crippen molar-refractivity contribution in [2.24, 2.45) is 5.92 Å². The van der Waals surface area contributed by atoms with Crippen molar-refractivity contribution in [2.75, 3.05) is 11.9 Å². The Morgan fingerprint density at radius 3 is 2.96 bits per heavy atom. The molecule has 3 rings (SSSR count). The zero-order chi connectivity index (χ0) is 17.4. The van der Waals surface area contributed by atoms with Gasteiger partial charge in [0.15, 0.2) is 17.4 Å². The summed E-state index contributed by atoms with van der Waals surface area (Å²) in [5.74, 6) is -0.568. The molecule has 1 aliphatic rings. The molecule has 3 heterocycles. The van der Waals surface area contributed by atoms with Crippen LogP contribution in [0.4, 0.5) is 5.95 Å². The van der Waals surface area contributed by atoms with Gasteiger partial charge < -0.3 is 14.9 Å². The standard InChI is InChI=1S/C14H19N5O5/c1-6(2)11(22)17-14-16-10-9(12(23)18-14)15-5-19(10)13-8(21)3-7(4-20)24-13/h5-8,13,20-21H,3-4H2,1-2H3,(H2,16,17,18,22,23)/t7-,8-,13+/m0/s1. The van der Waals surface area contributed by atoms with Crippen LogP contribution in [0.25, 0.3) is 11.2 Å². The van der Waals surface area contributed by atoms with Crippen LogP contribution in [0.5, 0.6) is 0 Å². The third-order valence-electron chi connectivity index (χ3n) is 3.84. The van der Waals surface area contributed by atoms with Gasteiger partial charge in [-0.05, 0) is 0 Å². The topological polar surface area (TPSA) is 142 Å². The van der Waals surface area contributed by atoms with E-state index in [4.69, 9.17) is 4.74 Å². The molecule has 1 amide bonds. The highest BCUT2D eigenvalue weighted by Gasteiger charge is 2.36. The molecule has 130 valence electrons. The summed E-state index contributed by atoms with van der Waals surface area (Å²) >= 11 is 0. The Bertz CT molecular complexity index is 813. The van der Waals surface area contributed by atoms with Crippen molar-refractivity contribution in [1.82, 2.24) is 19.5 Å². The summed E-state index contributed by atoms with van der Waals surface area (Å²) in [6.07, 6.45) is -0.566. The molecule has 0 unspecified atom stereocenters. The van der Waals surface area contributed by atoms with E-state index < -0.39 is 24.0 Å². The van der Waals surface area contributed by atoms with E-state index in [1.165, 1.54) is 10.9 Å². The lowest BCUT2D eigenvalue weighted by Crippen LogP contribution is -2.23. The van der Waals surface area contributed by atoms with E-state index >= 15 is 0 Å². The molecule has 0 bridgehead atoms. The maximum absolute atomic E-state index is 12.1. The number of fused-ring (bicyclic) bond motifs is 1. The number of nitrogens with zero attached hydrogens (tertiary/aromatic N) is 3. The van der Waals surface area contributed by atoms with Crippen molar-refractivity contribution in [3.8, 4) is 0 Å². The molecule has 4 N–H and O–H groups in total. The second-order valence-electron chi connectivity index (χ2n) is 6.02. The molecular formula is C14H19N5O5. The van der Waals surface area contributed by atoms with Gasteiger partial charge in [-0.2, -0.15) is 4.98 Å². The van der Waals surface area contributed by atoms with Crippen LogP contribution in [-0.4, -0.2) is 54.5 Å². The Labute approximate surface area is 136 Å². The molecule has 1 aliphatic heterocycles. The highest BCUT2D eigenvalue weighted by Crippen LogP contribution is 2.30. The minimum Gasteiger partial charge on any atom is -0.394 e. The van der Waals surface area contributed by atoms with Crippen LogP contribution < -0.4 is 10.9 Å². The molecule has 10 nitrogen and oxygen atoms in total. The molecule has 0 spiro atoms. The third kappa shape index (κ3) is 2.90. The van der Waals surface area contributed by atoms with Crippen molar-refractivity contribution in [3.05, 3.63) is 16.7 Å². The summed E-state index contributed by atoms with van der Waals surface area (Å²) < 4.78 is 6.98. The number of amides is 1. The fourth-order valence-electron chi connectivity index (χ4n) is 2.53. The molecular weight excluding hydrogens is 318 g/mol. The number of aromatic amines is 1. The van der Waals surface area contributed by atoms with E-state index in [1.54, 1.807) is 13.8 Å². The van der Waals surface area contributed by atoms with Gasteiger partial charge in [-0.3, -0.25) is 24.5 Å². The molecule has 24 heavy (non-hydrogen) atoms. The van der Waals surface area contributed by atoms with Crippen molar-refractivity contribution in [2.45, 2.75) is 38.7 Å². The number of carbonyl (C=O) groups is 1. The number of aromatic nitrogens is 4. The molecule has 10 heteroatoms. The minimum absolute atomic E-state index is 0.000792. The number of aliphatic hydroxyl groups is 2. The molecule has 1 fully saturated rings. The lowest BCUT2D eigenvalue weighted by Gasteiger charge is -2.16. The highest BCUT2D eigenvalue weighted by molar-refractivity contribution is 5.91. The minimum atomic E-state index is -0.866. The summed E-state index contributed by atoms with van der Waals surface area (Å²) in [6, 6.07) is 0. The number of ether oxygens (including phenoxy) is 1. The summed E-state index contributed by atoms with van der Waals surface area (Å²) in [4.78, 5) is 34.6. The lowest BCUT2D eigenvalue weighted by atomic mass is 10.2. The first-order valence-electron chi connectivity index (χ1n) is 7.62. The van der Waals surface area contributed by atoms with Crippen LogP contribution in [0, 0.1) is 5.92 Å². The van der Waals surface area contributed by atoms with Gasteiger partial charge in [0.1, 0.15) is 6.10 Å². The fraction of sp³-hybridized carbons (Fsp3) is 0.571. The van der Waals surface area contributed by atoms with Gasteiger partial charge in [-0.25, -0.2) is 4.98 Å². The Morgan fingerprint density at radius 1 is 1.58 bits per heavy atom. The smallest absolute Gasteiger partial charge is 0.280 e. The third-order valence-corrected chi connectivity index (χ3v) is 3.84. The zero-order valence-corrected chi connectivity index (χ0v) is 13.3. The number of imidazole rings is 1. The van der Waals surface area contributed by atoms with Crippen LogP contribution in [-0.2, 0) is 9.53 Å². The number of anilines is 1. The van der Waals surface area contributed by atoms with E-state index in [2.05, 4.69) is 20.3 Å². The SMILES string of the molecule is CC(C)C(=O)Nc1nc2c(ncn2[C@@H]2O[C@H](CO)C[C@@H]2O)c(=O)[nH]1. The highest BCUT2D eigenvalue weighted by atomic mass is 16.5. The van der Waals surface area contributed by atoms with Crippen LogP contribution in [0.15, 0.2) is 11.1 Å². The van der Waals surface area contributed by atoms with Crippen LogP contribution in [0.2, 0.25) is 0 Å². The molecule has 2 aromatic rings. The first-order valence-corrected chi connectivity index (χ1v) is 7.62. The molecule has 0 aromatic carbocycles. The van der Waals surface area contributed by atoms with Gasteiger partial charge in [0.25, 0.3) is 5.56 Å². The van der Waals surface area contributed by atoms with E-state index in [1.807, 2.05) is 0 Å². The Morgan fingerprint density at radius 2 is 2.33 bits per heavy atom. The maximum atomic E-state index is 12.1. The first-order chi connectivity index (χ1) is 11.4. The number of rotatable bonds is 4. The zero-order valence-electron chi connectivity index (χ0n) is 13.3. The van der Waals surface area contributed by atoms with Gasteiger partial charge >= 0.3 is 0 Å². The van der Waals surface area contributed by atoms with Gasteiger partial charge in [0.2, 0.25) is 11.9 Å². The maximum Gasteiger partial charge on any atom is 0.280 e. The van der Waals surface area contributed by atoms with Crippen LogP contribution in [0.1, 0.15) is 26.5 Å². The summed E-state index contributed by atoms with van der Waals surface area (Å²) in [7, 11) is 0. The number of nitrogens with one attached hydrogen (secondary N) is 2. The van der Waals surface area contributed by atoms with Crippen molar-refractivity contribution in [1.29, 1.82) is 0 Å². The predicted octanol–water partition coefficient (Wildman–Crippen LogP) is -0.645. The monoisotopic (exact) mass is 337 g/mol. The van der Waals surface area contributed by atoms with Crippen LogP contribution in [0.3, 0.4) is 0 Å². The van der Waals surface area contributed by atoms with E-state index in [9.17, 15) is 19.8 Å². The van der Waals surface area contributed by atoms with Gasteiger partial charge in [0.05, 0.1) is 19.0 Å². The molecule has 0 saturated carbocycles. The second kappa shape index (κ2) is 6.30. The summed E-state index contributed by atoms with van der Waals surface area (Å²) in [5, 5.41) is 21.8. The molecule has 0 radical (unpaired) electrons. The Hall–Kier alpha value is -2.30. The number of hydrogen-bond acceptors (Lipinski definition) is 7.